The summed E-state index contributed by atoms with van der Waals surface area (Å²) in [7, 11) is 0. The van der Waals surface area contributed by atoms with Crippen LogP contribution in [0.1, 0.15) is 49.9 Å². The number of rotatable bonds is 4. The molecule has 16 aromatic rings. The van der Waals surface area contributed by atoms with Gasteiger partial charge in [0.25, 0.3) is 0 Å². The first kappa shape index (κ1) is 45.8. The third-order valence-corrected chi connectivity index (χ3v) is 19.3. The maximum absolute atomic E-state index is 6.90. The Bertz CT molecular complexity index is 5070. The van der Waals surface area contributed by atoms with E-state index in [0.29, 0.717) is 0 Å². The number of hydrogen-bond donors (Lipinski definition) is 0. The van der Waals surface area contributed by atoms with Gasteiger partial charge in [-0.2, -0.15) is 0 Å². The van der Waals surface area contributed by atoms with Gasteiger partial charge in [-0.15, -0.1) is 0 Å². The molecule has 0 N–H and O–H groups in total. The van der Waals surface area contributed by atoms with E-state index in [2.05, 4.69) is 270 Å². The van der Waals surface area contributed by atoms with Gasteiger partial charge in [-0.3, -0.25) is 0 Å². The van der Waals surface area contributed by atoms with E-state index in [1.807, 2.05) is 0 Å². The van der Waals surface area contributed by atoms with Crippen LogP contribution in [0.25, 0.3) is 165 Å². The van der Waals surface area contributed by atoms with E-state index in [9.17, 15) is 0 Å². The van der Waals surface area contributed by atoms with E-state index in [0.717, 1.165) is 65.8 Å². The number of hydrogen-bond acceptors (Lipinski definition) is 2. The average Bonchev–Trinajstić information content (AvgIpc) is 4.12. The van der Waals surface area contributed by atoms with Crippen LogP contribution in [0.3, 0.4) is 0 Å². The van der Waals surface area contributed by atoms with Gasteiger partial charge in [0.05, 0.1) is 0 Å². The molecule has 2 aliphatic rings. The van der Waals surface area contributed by atoms with Crippen LogP contribution in [0.4, 0.5) is 0 Å². The molecule has 82 heavy (non-hydrogen) atoms. The van der Waals surface area contributed by atoms with Crippen LogP contribution in [0.5, 0.6) is 0 Å². The van der Waals surface area contributed by atoms with Crippen molar-refractivity contribution in [1.29, 1.82) is 0 Å². The van der Waals surface area contributed by atoms with Crippen molar-refractivity contribution in [1.82, 2.24) is 0 Å². The van der Waals surface area contributed by atoms with Gasteiger partial charge in [-0.05, 0) is 204 Å². The van der Waals surface area contributed by atoms with Gasteiger partial charge < -0.3 is 8.83 Å². The predicted octanol–water partition coefficient (Wildman–Crippen LogP) is 22.5. The van der Waals surface area contributed by atoms with E-state index in [1.54, 1.807) is 0 Å². The Morgan fingerprint density at radius 2 is 0.500 bits per heavy atom. The normalized spacial score (nSPS) is 14.0. The van der Waals surface area contributed by atoms with Crippen molar-refractivity contribution in [2.24, 2.45) is 0 Å². The van der Waals surface area contributed by atoms with Crippen molar-refractivity contribution in [2.75, 3.05) is 0 Å². The highest BCUT2D eigenvalue weighted by Crippen LogP contribution is 2.54. The molecule has 0 bridgehead atoms. The lowest BCUT2D eigenvalue weighted by Crippen LogP contribution is -2.14. The zero-order valence-corrected chi connectivity index (χ0v) is 45.9. The van der Waals surface area contributed by atoms with Crippen molar-refractivity contribution in [3.63, 3.8) is 0 Å². The fourth-order valence-electron chi connectivity index (χ4n) is 15.5. The third kappa shape index (κ3) is 6.08. The Hall–Kier alpha value is -10.0. The van der Waals surface area contributed by atoms with Gasteiger partial charge in [-0.25, -0.2) is 0 Å². The summed E-state index contributed by atoms with van der Waals surface area (Å²) in [5, 5.41) is 16.6. The van der Waals surface area contributed by atoms with Gasteiger partial charge in [0.1, 0.15) is 22.3 Å². The molecular formula is C80H52O2. The standard InChI is InChI=1S/C80H52O2/c1-79(2)65-27-15-13-17-49(65)51-33-29-45(41-67(51)79)73-53-19-5-9-23-57(53)75(58-24-10-6-20-54(58)73)47-31-35-63-71(43-47)81-69-39-37-62-61(77(63)69)38-40-70-78(62)64-36-32-48(44-72(64)82-70)76-59-25-11-7-21-55(59)74(56-22-8-12-26-60(56)76)46-30-34-52-50-18-14-16-28-66(50)80(3,4)68(52)42-46/h5-44H,1-4H3. The lowest BCUT2D eigenvalue weighted by Gasteiger charge is -2.23. The molecule has 0 saturated heterocycles. The number of benzene rings is 14. The highest BCUT2D eigenvalue weighted by atomic mass is 16.3. The molecule has 0 amide bonds. The molecule has 0 radical (unpaired) electrons. The van der Waals surface area contributed by atoms with Crippen molar-refractivity contribution < 1.29 is 8.83 Å². The van der Waals surface area contributed by atoms with Gasteiger partial charge in [0.15, 0.2) is 0 Å². The first-order valence-corrected chi connectivity index (χ1v) is 28.8. The molecule has 2 nitrogen and oxygen atoms in total. The second-order valence-corrected chi connectivity index (χ2v) is 24.1. The lowest BCUT2D eigenvalue weighted by atomic mass is 9.80. The molecule has 0 spiro atoms. The van der Waals surface area contributed by atoms with Crippen molar-refractivity contribution >= 4 is 97.7 Å². The van der Waals surface area contributed by atoms with Crippen LogP contribution in [0, 0.1) is 0 Å². The van der Waals surface area contributed by atoms with Crippen LogP contribution in [0.2, 0.25) is 0 Å². The molecule has 2 aromatic heterocycles. The molecule has 0 atom stereocenters. The fraction of sp³-hybridized carbons (Fsp3) is 0.0750. The molecule has 0 saturated carbocycles. The van der Waals surface area contributed by atoms with Crippen LogP contribution < -0.4 is 0 Å². The fourth-order valence-corrected chi connectivity index (χ4v) is 15.5. The summed E-state index contributed by atoms with van der Waals surface area (Å²) in [6.07, 6.45) is 0. The molecule has 0 unspecified atom stereocenters. The molecule has 2 heterocycles. The maximum atomic E-state index is 6.90. The highest BCUT2D eigenvalue weighted by molar-refractivity contribution is 6.29. The first-order valence-electron chi connectivity index (χ1n) is 28.8. The van der Waals surface area contributed by atoms with Gasteiger partial charge >= 0.3 is 0 Å². The maximum Gasteiger partial charge on any atom is 0.136 e. The minimum Gasteiger partial charge on any atom is -0.456 e. The first-order chi connectivity index (χ1) is 40.2. The van der Waals surface area contributed by atoms with Gasteiger partial charge in [-0.1, -0.05) is 210 Å². The lowest BCUT2D eigenvalue weighted by molar-refractivity contribution is 0.660. The number of furan rings is 2. The Morgan fingerprint density at radius 1 is 0.220 bits per heavy atom. The second-order valence-electron chi connectivity index (χ2n) is 24.1. The second kappa shape index (κ2) is 16.3. The molecule has 384 valence electrons. The Morgan fingerprint density at radius 3 is 0.854 bits per heavy atom. The molecule has 14 aromatic carbocycles. The molecule has 2 aliphatic carbocycles. The number of fused-ring (bicyclic) bond motifs is 19. The molecule has 0 fully saturated rings. The quantitative estimate of drug-likeness (QED) is 0.164. The minimum atomic E-state index is -0.0959. The zero-order valence-electron chi connectivity index (χ0n) is 45.9. The van der Waals surface area contributed by atoms with Crippen LogP contribution in [0.15, 0.2) is 251 Å². The van der Waals surface area contributed by atoms with E-state index < -0.39 is 0 Å². The summed E-state index contributed by atoms with van der Waals surface area (Å²) in [6.45, 7) is 9.46. The zero-order chi connectivity index (χ0) is 54.3. The summed E-state index contributed by atoms with van der Waals surface area (Å²) in [5.74, 6) is 0. The Labute approximate surface area is 474 Å². The van der Waals surface area contributed by atoms with Crippen molar-refractivity contribution in [2.45, 2.75) is 38.5 Å². The monoisotopic (exact) mass is 1040 g/mol. The van der Waals surface area contributed by atoms with Crippen molar-refractivity contribution in [3.05, 3.63) is 265 Å². The SMILES string of the molecule is CC1(C)c2ccccc2-c2ccc(-c3c4ccccc4c(-c4ccc5c(c4)oc4ccc6c(ccc7oc8cc(-c9c%10ccccc%10c(-c%10ccc%11c(c%10)C(C)(C)c%10ccccc%10-%11)c%10ccccc9%10)ccc8c76)c45)c4ccccc34)cc21. The summed E-state index contributed by atoms with van der Waals surface area (Å²) >= 11 is 0. The summed E-state index contributed by atoms with van der Waals surface area (Å²) in [4.78, 5) is 0. The smallest absolute Gasteiger partial charge is 0.136 e. The Kier molecular flexibility index (Phi) is 9.11. The Balaban J connectivity index is 0.760. The molecule has 0 aliphatic heterocycles. The third-order valence-electron chi connectivity index (χ3n) is 19.3. The molecule has 18 rings (SSSR count). The van der Waals surface area contributed by atoms with E-state index >= 15 is 0 Å². The largest absolute Gasteiger partial charge is 0.456 e. The van der Waals surface area contributed by atoms with Crippen LogP contribution in [-0.4, -0.2) is 0 Å². The van der Waals surface area contributed by atoms with Crippen LogP contribution >= 0.6 is 0 Å². The van der Waals surface area contributed by atoms with Crippen molar-refractivity contribution in [3.8, 4) is 66.8 Å². The predicted molar refractivity (Wildman–Crippen MR) is 345 cm³/mol. The van der Waals surface area contributed by atoms with E-state index in [-0.39, 0.29) is 10.8 Å². The summed E-state index contributed by atoms with van der Waals surface area (Å²) in [6, 6.07) is 90.4. The molecular weight excluding hydrogens is 993 g/mol. The summed E-state index contributed by atoms with van der Waals surface area (Å²) in [5.41, 5.74) is 23.9. The highest BCUT2D eigenvalue weighted by Gasteiger charge is 2.37. The van der Waals surface area contributed by atoms with E-state index in [1.165, 1.54) is 121 Å². The topological polar surface area (TPSA) is 26.3 Å². The van der Waals surface area contributed by atoms with E-state index in [4.69, 9.17) is 8.83 Å². The van der Waals surface area contributed by atoms with Gasteiger partial charge in [0, 0.05) is 32.4 Å². The summed E-state index contributed by atoms with van der Waals surface area (Å²) < 4.78 is 13.8. The average molecular weight is 1050 g/mol. The molecule has 2 heteroatoms. The van der Waals surface area contributed by atoms with Gasteiger partial charge in [0.2, 0.25) is 0 Å². The van der Waals surface area contributed by atoms with Crippen LogP contribution in [-0.2, 0) is 10.8 Å². The minimum absolute atomic E-state index is 0.0959.